The van der Waals surface area contributed by atoms with Crippen molar-refractivity contribution in [2.75, 3.05) is 4.72 Å². The highest BCUT2D eigenvalue weighted by Crippen LogP contribution is 2.26. The normalized spacial score (nSPS) is 11.5. The molecule has 0 bridgehead atoms. The SMILES string of the molecule is Cc1ccc(S(=O)(=O)Nc2ccc(Br)cc2C)s1. The van der Waals surface area contributed by atoms with E-state index in [-0.39, 0.29) is 0 Å². The van der Waals surface area contributed by atoms with E-state index >= 15 is 0 Å². The summed E-state index contributed by atoms with van der Waals surface area (Å²) in [5.41, 5.74) is 1.48. The molecule has 0 saturated carbocycles. The summed E-state index contributed by atoms with van der Waals surface area (Å²) in [4.78, 5) is 0.975. The maximum absolute atomic E-state index is 12.1. The molecule has 0 fully saturated rings. The Balaban J connectivity index is 2.33. The van der Waals surface area contributed by atoms with E-state index in [0.29, 0.717) is 9.90 Å². The van der Waals surface area contributed by atoms with Gasteiger partial charge in [0.1, 0.15) is 4.21 Å². The van der Waals surface area contributed by atoms with Crippen molar-refractivity contribution < 1.29 is 8.42 Å². The Morgan fingerprint density at radius 3 is 2.44 bits per heavy atom. The van der Waals surface area contributed by atoms with Gasteiger partial charge in [-0.1, -0.05) is 15.9 Å². The van der Waals surface area contributed by atoms with Crippen molar-refractivity contribution in [1.29, 1.82) is 0 Å². The van der Waals surface area contributed by atoms with Crippen molar-refractivity contribution >= 4 is 43.0 Å². The molecule has 1 aromatic heterocycles. The quantitative estimate of drug-likeness (QED) is 0.915. The molecular formula is C12H12BrNO2S2. The largest absolute Gasteiger partial charge is 0.279 e. The molecule has 1 heterocycles. The second kappa shape index (κ2) is 5.03. The molecule has 1 aromatic carbocycles. The second-order valence-electron chi connectivity index (χ2n) is 3.93. The van der Waals surface area contributed by atoms with Crippen molar-refractivity contribution in [3.05, 3.63) is 45.2 Å². The van der Waals surface area contributed by atoms with Gasteiger partial charge in [0.05, 0.1) is 5.69 Å². The average molecular weight is 346 g/mol. The number of nitrogens with one attached hydrogen (secondary N) is 1. The maximum atomic E-state index is 12.1. The molecule has 3 nitrogen and oxygen atoms in total. The van der Waals surface area contributed by atoms with Crippen molar-refractivity contribution in [3.63, 3.8) is 0 Å². The second-order valence-corrected chi connectivity index (χ2v) is 8.04. The first kappa shape index (κ1) is 13.6. The fourth-order valence-electron chi connectivity index (χ4n) is 1.49. The minimum Gasteiger partial charge on any atom is -0.279 e. The van der Waals surface area contributed by atoms with E-state index in [4.69, 9.17) is 0 Å². The average Bonchev–Trinajstić information content (AvgIpc) is 2.70. The number of hydrogen-bond donors (Lipinski definition) is 1. The zero-order valence-electron chi connectivity index (χ0n) is 9.90. The molecule has 2 rings (SSSR count). The van der Waals surface area contributed by atoms with Crippen LogP contribution in [0.3, 0.4) is 0 Å². The molecule has 0 amide bonds. The molecule has 0 spiro atoms. The topological polar surface area (TPSA) is 46.2 Å². The third-order valence-corrected chi connectivity index (χ3v) is 5.76. The van der Waals surface area contributed by atoms with Gasteiger partial charge in [-0.05, 0) is 49.7 Å². The van der Waals surface area contributed by atoms with E-state index in [1.807, 2.05) is 26.0 Å². The molecule has 96 valence electrons. The summed E-state index contributed by atoms with van der Waals surface area (Å²) in [6, 6.07) is 8.85. The van der Waals surface area contributed by atoms with E-state index < -0.39 is 10.0 Å². The van der Waals surface area contributed by atoms with Crippen molar-refractivity contribution in [2.24, 2.45) is 0 Å². The predicted octanol–water partition coefficient (Wildman–Crippen LogP) is 3.93. The Morgan fingerprint density at radius 1 is 1.17 bits per heavy atom. The molecule has 0 unspecified atom stereocenters. The molecule has 1 N–H and O–H groups in total. The monoisotopic (exact) mass is 345 g/mol. The van der Waals surface area contributed by atoms with Gasteiger partial charge in [0, 0.05) is 9.35 Å². The predicted molar refractivity (Wildman–Crippen MR) is 78.7 cm³/mol. The minimum absolute atomic E-state index is 0.335. The third kappa shape index (κ3) is 2.93. The molecule has 18 heavy (non-hydrogen) atoms. The third-order valence-electron chi connectivity index (χ3n) is 2.41. The van der Waals surface area contributed by atoms with Crippen LogP contribution in [0.4, 0.5) is 5.69 Å². The van der Waals surface area contributed by atoms with E-state index in [2.05, 4.69) is 20.7 Å². The smallest absolute Gasteiger partial charge is 0.271 e. The number of aryl methyl sites for hydroxylation is 2. The van der Waals surface area contributed by atoms with Crippen LogP contribution in [0.1, 0.15) is 10.4 Å². The summed E-state index contributed by atoms with van der Waals surface area (Å²) in [5, 5.41) is 0. The molecule has 0 radical (unpaired) electrons. The standard InChI is InChI=1S/C12H12BrNO2S2/c1-8-7-10(13)4-5-11(8)14-18(15,16)12-6-3-9(2)17-12/h3-7,14H,1-2H3. The van der Waals surface area contributed by atoms with Gasteiger partial charge >= 0.3 is 0 Å². The van der Waals surface area contributed by atoms with Crippen molar-refractivity contribution in [1.82, 2.24) is 0 Å². The highest BCUT2D eigenvalue weighted by Gasteiger charge is 2.17. The molecule has 0 aliphatic heterocycles. The van der Waals surface area contributed by atoms with Gasteiger partial charge in [-0.15, -0.1) is 11.3 Å². The first-order valence-corrected chi connectivity index (χ1v) is 8.33. The van der Waals surface area contributed by atoms with Gasteiger partial charge in [-0.3, -0.25) is 4.72 Å². The molecule has 2 aromatic rings. The van der Waals surface area contributed by atoms with Crippen molar-refractivity contribution in [3.8, 4) is 0 Å². The van der Waals surface area contributed by atoms with Crippen LogP contribution in [-0.2, 0) is 10.0 Å². The lowest BCUT2D eigenvalue weighted by Gasteiger charge is -2.09. The Labute approximate surface area is 119 Å². The Kier molecular flexibility index (Phi) is 3.79. The van der Waals surface area contributed by atoms with E-state index in [0.717, 1.165) is 14.9 Å². The fraction of sp³-hybridized carbons (Fsp3) is 0.167. The number of anilines is 1. The highest BCUT2D eigenvalue weighted by atomic mass is 79.9. The molecule has 0 saturated heterocycles. The first-order chi connectivity index (χ1) is 8.38. The molecule has 6 heteroatoms. The lowest BCUT2D eigenvalue weighted by Crippen LogP contribution is -2.12. The van der Waals surface area contributed by atoms with E-state index in [1.165, 1.54) is 11.3 Å². The van der Waals surface area contributed by atoms with E-state index in [1.54, 1.807) is 18.2 Å². The Morgan fingerprint density at radius 2 is 1.89 bits per heavy atom. The summed E-state index contributed by atoms with van der Waals surface area (Å²) in [6.45, 7) is 3.75. The molecule has 0 aliphatic rings. The Bertz CT molecular complexity index is 677. The van der Waals surface area contributed by atoms with Gasteiger partial charge in [-0.2, -0.15) is 0 Å². The van der Waals surface area contributed by atoms with E-state index in [9.17, 15) is 8.42 Å². The summed E-state index contributed by atoms with van der Waals surface area (Å²) in [6.07, 6.45) is 0. The van der Waals surface area contributed by atoms with Crippen LogP contribution in [-0.4, -0.2) is 8.42 Å². The van der Waals surface area contributed by atoms with Gasteiger partial charge in [0.2, 0.25) is 0 Å². The van der Waals surface area contributed by atoms with Crippen molar-refractivity contribution in [2.45, 2.75) is 18.1 Å². The summed E-state index contributed by atoms with van der Waals surface area (Å²) in [5.74, 6) is 0. The zero-order chi connectivity index (χ0) is 13.3. The van der Waals surface area contributed by atoms with Gasteiger partial charge in [-0.25, -0.2) is 8.42 Å². The number of benzene rings is 1. The van der Waals surface area contributed by atoms with Crippen LogP contribution >= 0.6 is 27.3 Å². The summed E-state index contributed by atoms with van der Waals surface area (Å²) >= 11 is 4.61. The van der Waals surface area contributed by atoms with Gasteiger partial charge < -0.3 is 0 Å². The van der Waals surface area contributed by atoms with Crippen LogP contribution in [0.2, 0.25) is 0 Å². The van der Waals surface area contributed by atoms with Crippen LogP contribution in [0.5, 0.6) is 0 Å². The minimum atomic E-state index is -3.47. The number of halogens is 1. The summed E-state index contributed by atoms with van der Waals surface area (Å²) in [7, 11) is -3.47. The molecule has 0 aliphatic carbocycles. The van der Waals surface area contributed by atoms with Crippen LogP contribution in [0.15, 0.2) is 39.0 Å². The summed E-state index contributed by atoms with van der Waals surface area (Å²) < 4.78 is 28.1. The first-order valence-electron chi connectivity index (χ1n) is 5.24. The Hall–Kier alpha value is -0.850. The van der Waals surface area contributed by atoms with Crippen LogP contribution in [0.25, 0.3) is 0 Å². The maximum Gasteiger partial charge on any atom is 0.271 e. The lowest BCUT2D eigenvalue weighted by molar-refractivity contribution is 0.603. The lowest BCUT2D eigenvalue weighted by atomic mass is 10.2. The van der Waals surface area contributed by atoms with Crippen LogP contribution in [0, 0.1) is 13.8 Å². The van der Waals surface area contributed by atoms with Gasteiger partial charge in [0.15, 0.2) is 0 Å². The molecular weight excluding hydrogens is 334 g/mol. The fourth-order valence-corrected chi connectivity index (χ4v) is 4.38. The highest BCUT2D eigenvalue weighted by molar-refractivity contribution is 9.10. The van der Waals surface area contributed by atoms with Crippen LogP contribution < -0.4 is 4.72 Å². The number of rotatable bonds is 3. The number of sulfonamides is 1. The zero-order valence-corrected chi connectivity index (χ0v) is 13.1. The molecule has 0 atom stereocenters. The number of hydrogen-bond acceptors (Lipinski definition) is 3. The van der Waals surface area contributed by atoms with Gasteiger partial charge in [0.25, 0.3) is 10.0 Å². The number of thiophene rings is 1.